The van der Waals surface area contributed by atoms with Gasteiger partial charge in [0, 0.05) is 25.8 Å². The minimum Gasteiger partial charge on any atom is -0.493 e. The highest BCUT2D eigenvalue weighted by Gasteiger charge is 2.24. The lowest BCUT2D eigenvalue weighted by molar-refractivity contribution is 0.0350. The van der Waals surface area contributed by atoms with Crippen molar-refractivity contribution in [3.05, 3.63) is 23.8 Å². The Morgan fingerprint density at radius 1 is 1.10 bits per heavy atom. The predicted molar refractivity (Wildman–Crippen MR) is 75.5 cm³/mol. The minimum absolute atomic E-state index is 0.0282. The molecule has 5 heteroatoms. The molecule has 1 heterocycles. The summed E-state index contributed by atoms with van der Waals surface area (Å²) in [6, 6.07) is 5.25. The van der Waals surface area contributed by atoms with E-state index in [1.54, 1.807) is 39.5 Å². The zero-order valence-corrected chi connectivity index (χ0v) is 12.2. The number of ether oxygens (including phenoxy) is 3. The van der Waals surface area contributed by atoms with Crippen LogP contribution in [-0.4, -0.2) is 51.3 Å². The number of carbonyl (C=O) groups excluding carboxylic acids is 1. The standard InChI is InChI=1S/C15H21NO4/c1-18-12-6-8-16(9-7-12)15(17)11-4-5-13(19-2)14(10-11)20-3/h4-5,10,12H,6-9H2,1-3H3. The normalized spacial score (nSPS) is 16.1. The Kier molecular flexibility index (Phi) is 4.84. The summed E-state index contributed by atoms with van der Waals surface area (Å²) in [6.07, 6.45) is 2.04. The van der Waals surface area contributed by atoms with Gasteiger partial charge < -0.3 is 19.1 Å². The van der Waals surface area contributed by atoms with Crippen molar-refractivity contribution < 1.29 is 19.0 Å². The van der Waals surface area contributed by atoms with Gasteiger partial charge in [0.1, 0.15) is 0 Å². The van der Waals surface area contributed by atoms with E-state index in [4.69, 9.17) is 14.2 Å². The van der Waals surface area contributed by atoms with Gasteiger partial charge in [0.15, 0.2) is 11.5 Å². The highest BCUT2D eigenvalue weighted by Crippen LogP contribution is 2.28. The number of carbonyl (C=O) groups is 1. The van der Waals surface area contributed by atoms with Crippen molar-refractivity contribution in [3.63, 3.8) is 0 Å². The zero-order chi connectivity index (χ0) is 14.5. The van der Waals surface area contributed by atoms with E-state index in [-0.39, 0.29) is 12.0 Å². The van der Waals surface area contributed by atoms with Crippen LogP contribution < -0.4 is 9.47 Å². The molecule has 0 aliphatic carbocycles. The second-order valence-electron chi connectivity index (χ2n) is 4.80. The maximum Gasteiger partial charge on any atom is 0.253 e. The third-order valence-electron chi connectivity index (χ3n) is 3.69. The van der Waals surface area contributed by atoms with Gasteiger partial charge in [0.2, 0.25) is 0 Å². The van der Waals surface area contributed by atoms with E-state index in [2.05, 4.69) is 0 Å². The number of nitrogens with zero attached hydrogens (tertiary/aromatic N) is 1. The van der Waals surface area contributed by atoms with Crippen LogP contribution in [0.2, 0.25) is 0 Å². The SMILES string of the molecule is COc1ccc(C(=O)N2CCC(OC)CC2)cc1OC. The highest BCUT2D eigenvalue weighted by atomic mass is 16.5. The van der Waals surface area contributed by atoms with Crippen LogP contribution in [-0.2, 0) is 4.74 Å². The molecule has 110 valence electrons. The number of amides is 1. The summed E-state index contributed by atoms with van der Waals surface area (Å²) < 4.78 is 15.7. The molecular weight excluding hydrogens is 258 g/mol. The van der Waals surface area contributed by atoms with E-state index in [0.717, 1.165) is 25.9 Å². The van der Waals surface area contributed by atoms with Crippen molar-refractivity contribution in [2.24, 2.45) is 0 Å². The lowest BCUT2D eigenvalue weighted by atomic mass is 10.1. The second-order valence-corrected chi connectivity index (χ2v) is 4.80. The van der Waals surface area contributed by atoms with E-state index >= 15 is 0 Å². The molecule has 0 bridgehead atoms. The van der Waals surface area contributed by atoms with E-state index in [1.807, 2.05) is 4.90 Å². The molecule has 1 aliphatic rings. The Labute approximate surface area is 119 Å². The number of hydrogen-bond acceptors (Lipinski definition) is 4. The van der Waals surface area contributed by atoms with Crippen LogP contribution in [0, 0.1) is 0 Å². The maximum atomic E-state index is 12.5. The summed E-state index contributed by atoms with van der Waals surface area (Å²) in [5.41, 5.74) is 0.624. The Balaban J connectivity index is 2.09. The molecule has 0 saturated carbocycles. The smallest absolute Gasteiger partial charge is 0.253 e. The minimum atomic E-state index is 0.0282. The molecule has 2 rings (SSSR count). The van der Waals surface area contributed by atoms with Gasteiger partial charge in [-0.3, -0.25) is 4.79 Å². The Bertz CT molecular complexity index is 467. The van der Waals surface area contributed by atoms with E-state index < -0.39 is 0 Å². The molecular formula is C15H21NO4. The second kappa shape index (κ2) is 6.61. The quantitative estimate of drug-likeness (QED) is 0.845. The maximum absolute atomic E-state index is 12.5. The number of rotatable bonds is 4. The summed E-state index contributed by atoms with van der Waals surface area (Å²) in [4.78, 5) is 14.3. The van der Waals surface area contributed by atoms with Crippen molar-refractivity contribution in [2.45, 2.75) is 18.9 Å². The summed E-state index contributed by atoms with van der Waals surface area (Å²) in [7, 11) is 4.86. The van der Waals surface area contributed by atoms with Crippen LogP contribution in [0.25, 0.3) is 0 Å². The molecule has 0 atom stereocenters. The van der Waals surface area contributed by atoms with Gasteiger partial charge in [-0.25, -0.2) is 0 Å². The van der Waals surface area contributed by atoms with Gasteiger partial charge in [-0.1, -0.05) is 0 Å². The number of benzene rings is 1. The average molecular weight is 279 g/mol. The van der Waals surface area contributed by atoms with E-state index in [9.17, 15) is 4.79 Å². The number of hydrogen-bond donors (Lipinski definition) is 0. The van der Waals surface area contributed by atoms with Crippen LogP contribution in [0.4, 0.5) is 0 Å². The third-order valence-corrected chi connectivity index (χ3v) is 3.69. The average Bonchev–Trinajstić information content (AvgIpc) is 2.53. The van der Waals surface area contributed by atoms with Crippen molar-refractivity contribution in [1.29, 1.82) is 0 Å². The summed E-state index contributed by atoms with van der Waals surface area (Å²) >= 11 is 0. The van der Waals surface area contributed by atoms with Crippen LogP contribution in [0.15, 0.2) is 18.2 Å². The Morgan fingerprint density at radius 2 is 1.75 bits per heavy atom. The first kappa shape index (κ1) is 14.7. The van der Waals surface area contributed by atoms with Gasteiger partial charge in [-0.2, -0.15) is 0 Å². The summed E-state index contributed by atoms with van der Waals surface area (Å²) in [5, 5.41) is 0. The fourth-order valence-electron chi connectivity index (χ4n) is 2.45. The molecule has 1 aromatic carbocycles. The van der Waals surface area contributed by atoms with Crippen molar-refractivity contribution >= 4 is 5.91 Å². The van der Waals surface area contributed by atoms with Gasteiger partial charge in [-0.05, 0) is 31.0 Å². The number of piperidine rings is 1. The molecule has 20 heavy (non-hydrogen) atoms. The molecule has 0 spiro atoms. The Morgan fingerprint density at radius 3 is 2.30 bits per heavy atom. The third kappa shape index (κ3) is 3.04. The van der Waals surface area contributed by atoms with Gasteiger partial charge in [0.25, 0.3) is 5.91 Å². The molecule has 0 aromatic heterocycles. The lowest BCUT2D eigenvalue weighted by Gasteiger charge is -2.31. The first-order valence-corrected chi connectivity index (χ1v) is 6.73. The number of methoxy groups -OCH3 is 3. The van der Waals surface area contributed by atoms with Gasteiger partial charge in [0.05, 0.1) is 20.3 Å². The van der Waals surface area contributed by atoms with Gasteiger partial charge >= 0.3 is 0 Å². The monoisotopic (exact) mass is 279 g/mol. The lowest BCUT2D eigenvalue weighted by Crippen LogP contribution is -2.40. The van der Waals surface area contributed by atoms with Crippen molar-refractivity contribution in [3.8, 4) is 11.5 Å². The molecule has 0 unspecified atom stereocenters. The van der Waals surface area contributed by atoms with E-state index in [0.29, 0.717) is 17.1 Å². The molecule has 1 saturated heterocycles. The molecule has 1 amide bonds. The van der Waals surface area contributed by atoms with E-state index in [1.165, 1.54) is 0 Å². The van der Waals surface area contributed by atoms with Crippen LogP contribution in [0.3, 0.4) is 0 Å². The molecule has 1 aliphatic heterocycles. The molecule has 0 N–H and O–H groups in total. The Hall–Kier alpha value is -1.75. The van der Waals surface area contributed by atoms with Gasteiger partial charge in [-0.15, -0.1) is 0 Å². The molecule has 1 fully saturated rings. The van der Waals surface area contributed by atoms with Crippen molar-refractivity contribution in [1.82, 2.24) is 4.90 Å². The molecule has 1 aromatic rings. The molecule has 0 radical (unpaired) electrons. The topological polar surface area (TPSA) is 48.0 Å². The first-order chi connectivity index (χ1) is 9.69. The van der Waals surface area contributed by atoms with Crippen LogP contribution in [0.5, 0.6) is 11.5 Å². The number of likely N-dealkylation sites (tertiary alicyclic amines) is 1. The van der Waals surface area contributed by atoms with Crippen LogP contribution in [0.1, 0.15) is 23.2 Å². The summed E-state index contributed by atoms with van der Waals surface area (Å²) in [5.74, 6) is 1.23. The van der Waals surface area contributed by atoms with Crippen molar-refractivity contribution in [2.75, 3.05) is 34.4 Å². The fraction of sp³-hybridized carbons (Fsp3) is 0.533. The van der Waals surface area contributed by atoms with Crippen LogP contribution >= 0.6 is 0 Å². The largest absolute Gasteiger partial charge is 0.493 e. The first-order valence-electron chi connectivity index (χ1n) is 6.73. The predicted octanol–water partition coefficient (Wildman–Crippen LogP) is 1.95. The molecule has 5 nitrogen and oxygen atoms in total. The fourth-order valence-corrected chi connectivity index (χ4v) is 2.45. The zero-order valence-electron chi connectivity index (χ0n) is 12.2. The highest BCUT2D eigenvalue weighted by molar-refractivity contribution is 5.95. The summed E-state index contributed by atoms with van der Waals surface area (Å²) in [6.45, 7) is 1.46.